The summed E-state index contributed by atoms with van der Waals surface area (Å²) in [7, 11) is 0. The number of hydrogen-bond donors (Lipinski definition) is 1. The van der Waals surface area contributed by atoms with Gasteiger partial charge in [0.2, 0.25) is 0 Å². The van der Waals surface area contributed by atoms with Crippen molar-refractivity contribution in [3.8, 4) is 0 Å². The van der Waals surface area contributed by atoms with Gasteiger partial charge in [-0.3, -0.25) is 19.3 Å². The van der Waals surface area contributed by atoms with E-state index in [4.69, 9.17) is 4.74 Å². The lowest BCUT2D eigenvalue weighted by Crippen LogP contribution is -2.49. The van der Waals surface area contributed by atoms with Crippen LogP contribution in [0, 0.1) is 11.8 Å². The van der Waals surface area contributed by atoms with Crippen molar-refractivity contribution in [2.24, 2.45) is 11.8 Å². The fourth-order valence-electron chi connectivity index (χ4n) is 4.28. The van der Waals surface area contributed by atoms with Crippen molar-refractivity contribution in [2.45, 2.75) is 70.3 Å². The van der Waals surface area contributed by atoms with Gasteiger partial charge in [-0.1, -0.05) is 26.2 Å². The maximum atomic E-state index is 12.7. The highest BCUT2D eigenvalue weighted by Gasteiger charge is 2.52. The third-order valence-electron chi connectivity index (χ3n) is 6.10. The number of carbonyl (C=O) groups excluding carboxylic acids is 4. The molecule has 0 atom stereocenters. The maximum absolute atomic E-state index is 12.7. The minimum Gasteiger partial charge on any atom is -0.456 e. The quantitative estimate of drug-likeness (QED) is 0.596. The minimum atomic E-state index is -0.859. The lowest BCUT2D eigenvalue weighted by Gasteiger charge is -2.33. The molecule has 26 heavy (non-hydrogen) atoms. The molecule has 7 nitrogen and oxygen atoms in total. The van der Waals surface area contributed by atoms with E-state index < -0.39 is 24.1 Å². The van der Waals surface area contributed by atoms with Gasteiger partial charge in [0.05, 0.1) is 0 Å². The average molecular weight is 364 g/mol. The Morgan fingerprint density at radius 3 is 2.42 bits per heavy atom. The molecule has 1 saturated heterocycles. The van der Waals surface area contributed by atoms with E-state index in [-0.39, 0.29) is 24.2 Å². The molecule has 3 amide bonds. The van der Waals surface area contributed by atoms with Gasteiger partial charge < -0.3 is 10.1 Å². The first-order valence-electron chi connectivity index (χ1n) is 9.74. The van der Waals surface area contributed by atoms with Gasteiger partial charge in [0, 0.05) is 5.92 Å². The van der Waals surface area contributed by atoms with Crippen LogP contribution in [0.4, 0.5) is 4.79 Å². The zero-order valence-corrected chi connectivity index (χ0v) is 15.4. The van der Waals surface area contributed by atoms with Crippen molar-refractivity contribution >= 4 is 23.7 Å². The first-order chi connectivity index (χ1) is 12.4. The summed E-state index contributed by atoms with van der Waals surface area (Å²) in [5.41, 5.74) is -0.859. The summed E-state index contributed by atoms with van der Waals surface area (Å²) < 4.78 is 5.05. The van der Waals surface area contributed by atoms with Gasteiger partial charge in [-0.25, -0.2) is 4.79 Å². The Morgan fingerprint density at radius 2 is 1.77 bits per heavy atom. The average Bonchev–Trinajstić information content (AvgIpc) is 2.87. The molecule has 0 unspecified atom stereocenters. The summed E-state index contributed by atoms with van der Waals surface area (Å²) in [6.07, 6.45) is 7.88. The van der Waals surface area contributed by atoms with Crippen molar-refractivity contribution in [2.75, 3.05) is 13.2 Å². The number of amides is 3. The normalized spacial score (nSPS) is 29.7. The van der Waals surface area contributed by atoms with Gasteiger partial charge in [0.1, 0.15) is 18.7 Å². The number of nitrogens with zero attached hydrogens (tertiary/aromatic N) is 1. The molecule has 1 N–H and O–H groups in total. The first kappa shape index (κ1) is 18.9. The first-order valence-corrected chi connectivity index (χ1v) is 9.74. The van der Waals surface area contributed by atoms with Crippen LogP contribution < -0.4 is 5.32 Å². The van der Waals surface area contributed by atoms with E-state index in [0.717, 1.165) is 49.8 Å². The van der Waals surface area contributed by atoms with Gasteiger partial charge in [-0.15, -0.1) is 0 Å². The lowest BCUT2D eigenvalue weighted by molar-refractivity contribution is -0.151. The predicted octanol–water partition coefficient (Wildman–Crippen LogP) is 2.18. The second-order valence-corrected chi connectivity index (χ2v) is 8.05. The summed E-state index contributed by atoms with van der Waals surface area (Å²) in [6, 6.07) is -0.542. The number of imide groups is 1. The number of esters is 1. The molecule has 3 aliphatic rings. The zero-order chi connectivity index (χ0) is 18.7. The van der Waals surface area contributed by atoms with E-state index in [1.54, 1.807) is 0 Å². The van der Waals surface area contributed by atoms with Gasteiger partial charge in [0.25, 0.3) is 5.91 Å². The Hall–Kier alpha value is -1.92. The van der Waals surface area contributed by atoms with Crippen molar-refractivity contribution in [3.05, 3.63) is 0 Å². The van der Waals surface area contributed by atoms with Crippen LogP contribution in [0.1, 0.15) is 64.7 Å². The van der Waals surface area contributed by atoms with Gasteiger partial charge in [-0.05, 0) is 44.4 Å². The summed E-state index contributed by atoms with van der Waals surface area (Å²) in [5, 5.41) is 2.77. The van der Waals surface area contributed by atoms with Crippen LogP contribution in [0.15, 0.2) is 0 Å². The maximum Gasteiger partial charge on any atom is 0.326 e. The molecule has 2 saturated carbocycles. The van der Waals surface area contributed by atoms with E-state index >= 15 is 0 Å². The summed E-state index contributed by atoms with van der Waals surface area (Å²) in [5.74, 6) is -0.604. The minimum absolute atomic E-state index is 0.0271. The molecule has 0 aromatic carbocycles. The zero-order valence-electron chi connectivity index (χ0n) is 15.4. The second kappa shape index (κ2) is 7.76. The molecule has 0 bridgehead atoms. The summed E-state index contributed by atoms with van der Waals surface area (Å²) >= 11 is 0. The molecule has 3 fully saturated rings. The van der Waals surface area contributed by atoms with Crippen molar-refractivity contribution in [1.82, 2.24) is 10.2 Å². The molecule has 3 rings (SSSR count). The molecule has 0 aromatic heterocycles. The van der Waals surface area contributed by atoms with Crippen LogP contribution >= 0.6 is 0 Å². The fraction of sp³-hybridized carbons (Fsp3) is 0.789. The highest BCUT2D eigenvalue weighted by atomic mass is 16.5. The van der Waals surface area contributed by atoms with Crippen LogP contribution in [0.25, 0.3) is 0 Å². The van der Waals surface area contributed by atoms with E-state index in [2.05, 4.69) is 12.2 Å². The molecule has 7 heteroatoms. The standard InChI is InChI=1S/C19H28N2O5/c1-13-7-9-19(10-8-13)17(24)21(18(25)20-19)11-16(23)26-12-15(22)14-5-3-2-4-6-14/h13-14H,2-12H2,1H3,(H,20,25). The molecule has 144 valence electrons. The van der Waals surface area contributed by atoms with Crippen LogP contribution in [-0.2, 0) is 19.1 Å². The van der Waals surface area contributed by atoms with E-state index in [1.807, 2.05) is 0 Å². The highest BCUT2D eigenvalue weighted by Crippen LogP contribution is 2.36. The van der Waals surface area contributed by atoms with Crippen LogP contribution in [-0.4, -0.2) is 47.3 Å². The summed E-state index contributed by atoms with van der Waals surface area (Å²) in [4.78, 5) is 50.0. The Bertz CT molecular complexity index is 589. The molecule has 2 aliphatic carbocycles. The topological polar surface area (TPSA) is 92.8 Å². The fourth-order valence-corrected chi connectivity index (χ4v) is 4.28. The van der Waals surface area contributed by atoms with Gasteiger partial charge >= 0.3 is 12.0 Å². The molecule has 1 aliphatic heterocycles. The number of rotatable bonds is 5. The number of carbonyl (C=O) groups is 4. The predicted molar refractivity (Wildman–Crippen MR) is 93.1 cm³/mol. The van der Waals surface area contributed by atoms with Crippen LogP contribution in [0.5, 0.6) is 0 Å². The monoisotopic (exact) mass is 364 g/mol. The molecule has 1 spiro atoms. The van der Waals surface area contributed by atoms with Crippen molar-refractivity contribution in [1.29, 1.82) is 0 Å². The van der Waals surface area contributed by atoms with E-state index in [1.165, 1.54) is 0 Å². The van der Waals surface area contributed by atoms with E-state index in [9.17, 15) is 19.2 Å². The van der Waals surface area contributed by atoms with Crippen LogP contribution in [0.3, 0.4) is 0 Å². The largest absolute Gasteiger partial charge is 0.456 e. The number of hydrogen-bond acceptors (Lipinski definition) is 5. The number of nitrogens with one attached hydrogen (secondary N) is 1. The van der Waals surface area contributed by atoms with Gasteiger partial charge in [-0.2, -0.15) is 0 Å². The highest BCUT2D eigenvalue weighted by molar-refractivity contribution is 6.08. The third kappa shape index (κ3) is 3.91. The molecule has 0 radical (unpaired) electrons. The lowest BCUT2D eigenvalue weighted by atomic mass is 9.77. The molecule has 1 heterocycles. The molecule has 0 aromatic rings. The second-order valence-electron chi connectivity index (χ2n) is 8.05. The Morgan fingerprint density at radius 1 is 1.12 bits per heavy atom. The number of Topliss-reactive ketones (excluding diaryl/α,β-unsaturated/α-hetero) is 1. The summed E-state index contributed by atoms with van der Waals surface area (Å²) in [6.45, 7) is 1.43. The SMILES string of the molecule is CC1CCC2(CC1)NC(=O)N(CC(=O)OCC(=O)C1CCCCC1)C2=O. The number of ketones is 1. The smallest absolute Gasteiger partial charge is 0.326 e. The number of urea groups is 1. The Balaban J connectivity index is 1.50. The van der Waals surface area contributed by atoms with Crippen LogP contribution in [0.2, 0.25) is 0 Å². The number of ether oxygens (including phenoxy) is 1. The molecular weight excluding hydrogens is 336 g/mol. The van der Waals surface area contributed by atoms with Crippen molar-refractivity contribution in [3.63, 3.8) is 0 Å². The Kier molecular flexibility index (Phi) is 5.63. The third-order valence-corrected chi connectivity index (χ3v) is 6.10. The van der Waals surface area contributed by atoms with Gasteiger partial charge in [0.15, 0.2) is 5.78 Å². The van der Waals surface area contributed by atoms with E-state index in [0.29, 0.717) is 18.8 Å². The Labute approximate surface area is 153 Å². The molecular formula is C19H28N2O5. The van der Waals surface area contributed by atoms with Crippen molar-refractivity contribution < 1.29 is 23.9 Å².